The van der Waals surface area contributed by atoms with E-state index >= 15 is 0 Å². The monoisotopic (exact) mass is 269 g/mol. The predicted octanol–water partition coefficient (Wildman–Crippen LogP) is 0.908. The molecular formula is C16H15NO3. The molecule has 1 saturated carbocycles. The summed E-state index contributed by atoms with van der Waals surface area (Å²) in [7, 11) is 0. The number of benzene rings is 1. The molecule has 3 aliphatic rings. The summed E-state index contributed by atoms with van der Waals surface area (Å²) in [6, 6.07) is 9.53. The quantitative estimate of drug-likeness (QED) is 0.588. The Labute approximate surface area is 116 Å². The molecule has 4 heteroatoms. The number of carbonyl (C=O) groups excluding carboxylic acids is 2. The van der Waals surface area contributed by atoms with Gasteiger partial charge in [0.05, 0.1) is 11.3 Å². The van der Waals surface area contributed by atoms with Crippen molar-refractivity contribution in [3.8, 4) is 0 Å². The molecule has 0 radical (unpaired) electrons. The number of hydrogen-bond acceptors (Lipinski definition) is 3. The zero-order chi connectivity index (χ0) is 14.1. The molecule has 1 aromatic rings. The number of nitrogens with one attached hydrogen (secondary N) is 1. The van der Waals surface area contributed by atoms with Gasteiger partial charge in [-0.25, -0.2) is 0 Å². The first kappa shape index (κ1) is 11.9. The number of carbonyl (C=O) groups is 2. The average molecular weight is 269 g/mol. The lowest BCUT2D eigenvalue weighted by Crippen LogP contribution is -2.55. The van der Waals surface area contributed by atoms with E-state index in [2.05, 4.69) is 5.32 Å². The van der Waals surface area contributed by atoms with Gasteiger partial charge in [0.2, 0.25) is 5.91 Å². The lowest BCUT2D eigenvalue weighted by atomic mass is 9.66. The Morgan fingerprint density at radius 1 is 1.25 bits per heavy atom. The molecule has 1 aliphatic heterocycles. The molecule has 20 heavy (non-hydrogen) atoms. The third-order valence-corrected chi connectivity index (χ3v) is 5.29. The standard InChI is InChI=1S/C16H15NO3/c1-9-7-15(10-5-3-2-4-6-10)8-11(9)12-13(18)17-14(19)16(12,15)20/h2-7,11-12,20H,8H2,1H3,(H,17,18,19). The van der Waals surface area contributed by atoms with Gasteiger partial charge < -0.3 is 5.11 Å². The molecule has 1 heterocycles. The van der Waals surface area contributed by atoms with Gasteiger partial charge in [-0.2, -0.15) is 0 Å². The Morgan fingerprint density at radius 2 is 1.95 bits per heavy atom. The van der Waals surface area contributed by atoms with Gasteiger partial charge >= 0.3 is 0 Å². The van der Waals surface area contributed by atoms with E-state index in [1.165, 1.54) is 0 Å². The molecule has 2 amide bonds. The van der Waals surface area contributed by atoms with E-state index in [0.717, 1.165) is 11.1 Å². The Bertz CT molecular complexity index is 666. The summed E-state index contributed by atoms with van der Waals surface area (Å²) in [6.07, 6.45) is 2.62. The van der Waals surface area contributed by atoms with Crippen molar-refractivity contribution in [2.45, 2.75) is 24.4 Å². The summed E-state index contributed by atoms with van der Waals surface area (Å²) in [5.74, 6) is -1.60. The van der Waals surface area contributed by atoms with Crippen LogP contribution in [-0.4, -0.2) is 22.5 Å². The fourth-order valence-corrected chi connectivity index (χ4v) is 4.44. The number of imide groups is 1. The number of aliphatic hydroxyl groups is 1. The minimum Gasteiger partial charge on any atom is -0.378 e. The molecule has 0 spiro atoms. The van der Waals surface area contributed by atoms with Gasteiger partial charge in [0.15, 0.2) is 5.60 Å². The number of hydrogen-bond donors (Lipinski definition) is 2. The van der Waals surface area contributed by atoms with E-state index in [0.29, 0.717) is 6.42 Å². The molecule has 102 valence electrons. The molecule has 4 atom stereocenters. The largest absolute Gasteiger partial charge is 0.378 e. The fourth-order valence-electron chi connectivity index (χ4n) is 4.44. The molecule has 2 aliphatic carbocycles. The summed E-state index contributed by atoms with van der Waals surface area (Å²) in [6.45, 7) is 1.98. The predicted molar refractivity (Wildman–Crippen MR) is 71.6 cm³/mol. The van der Waals surface area contributed by atoms with Crippen LogP contribution in [0, 0.1) is 11.8 Å². The zero-order valence-electron chi connectivity index (χ0n) is 11.1. The maximum absolute atomic E-state index is 12.3. The van der Waals surface area contributed by atoms with Crippen LogP contribution in [0.15, 0.2) is 42.0 Å². The Balaban J connectivity index is 2.00. The van der Waals surface area contributed by atoms with Gasteiger partial charge in [-0.1, -0.05) is 42.0 Å². The Hall–Kier alpha value is -1.94. The molecule has 4 rings (SSSR count). The average Bonchev–Trinajstić information content (AvgIpc) is 2.98. The molecule has 1 aromatic carbocycles. The van der Waals surface area contributed by atoms with Crippen LogP contribution in [-0.2, 0) is 15.0 Å². The van der Waals surface area contributed by atoms with E-state index in [1.807, 2.05) is 43.3 Å². The summed E-state index contributed by atoms with van der Waals surface area (Å²) >= 11 is 0. The van der Waals surface area contributed by atoms with Gasteiger partial charge in [-0.15, -0.1) is 0 Å². The maximum atomic E-state index is 12.3. The molecule has 4 unspecified atom stereocenters. The van der Waals surface area contributed by atoms with E-state index in [4.69, 9.17) is 0 Å². The summed E-state index contributed by atoms with van der Waals surface area (Å²) in [4.78, 5) is 24.3. The lowest BCUT2D eigenvalue weighted by molar-refractivity contribution is -0.142. The highest BCUT2D eigenvalue weighted by molar-refractivity contribution is 6.11. The van der Waals surface area contributed by atoms with Gasteiger partial charge in [-0.05, 0) is 24.8 Å². The highest BCUT2D eigenvalue weighted by atomic mass is 16.3. The van der Waals surface area contributed by atoms with Crippen molar-refractivity contribution in [1.82, 2.24) is 5.32 Å². The molecular weight excluding hydrogens is 254 g/mol. The van der Waals surface area contributed by atoms with Gasteiger partial charge in [0.1, 0.15) is 0 Å². The van der Waals surface area contributed by atoms with Gasteiger partial charge in [-0.3, -0.25) is 14.9 Å². The summed E-state index contributed by atoms with van der Waals surface area (Å²) in [5, 5.41) is 13.4. The fraction of sp³-hybridized carbons (Fsp3) is 0.375. The first-order valence-corrected chi connectivity index (χ1v) is 6.83. The maximum Gasteiger partial charge on any atom is 0.260 e. The second-order valence-electron chi connectivity index (χ2n) is 6.10. The summed E-state index contributed by atoms with van der Waals surface area (Å²) < 4.78 is 0. The van der Waals surface area contributed by atoms with Crippen LogP contribution in [0.25, 0.3) is 0 Å². The molecule has 2 fully saturated rings. The van der Waals surface area contributed by atoms with Gasteiger partial charge in [0, 0.05) is 0 Å². The van der Waals surface area contributed by atoms with Crippen molar-refractivity contribution in [3.05, 3.63) is 47.5 Å². The lowest BCUT2D eigenvalue weighted by Gasteiger charge is -2.39. The van der Waals surface area contributed by atoms with Crippen molar-refractivity contribution in [1.29, 1.82) is 0 Å². The minimum atomic E-state index is -1.64. The number of fused-ring (bicyclic) bond motifs is 5. The molecule has 2 N–H and O–H groups in total. The van der Waals surface area contributed by atoms with Crippen LogP contribution in [0.4, 0.5) is 0 Å². The normalized spacial score (nSPS) is 41.6. The number of amides is 2. The smallest absolute Gasteiger partial charge is 0.260 e. The van der Waals surface area contributed by atoms with E-state index < -0.39 is 22.8 Å². The van der Waals surface area contributed by atoms with Crippen molar-refractivity contribution in [3.63, 3.8) is 0 Å². The van der Waals surface area contributed by atoms with Crippen LogP contribution in [0.5, 0.6) is 0 Å². The third-order valence-electron chi connectivity index (χ3n) is 5.29. The zero-order valence-corrected chi connectivity index (χ0v) is 11.1. The van der Waals surface area contributed by atoms with Gasteiger partial charge in [0.25, 0.3) is 5.91 Å². The first-order valence-electron chi connectivity index (χ1n) is 6.83. The molecule has 4 nitrogen and oxygen atoms in total. The van der Waals surface area contributed by atoms with Crippen LogP contribution in [0.2, 0.25) is 0 Å². The Kier molecular flexibility index (Phi) is 2.01. The van der Waals surface area contributed by atoms with E-state index in [9.17, 15) is 14.7 Å². The first-order chi connectivity index (χ1) is 9.50. The SMILES string of the molecule is CC1=CC2(c3ccccc3)CC1C1C(=O)NC(=O)C12O. The van der Waals surface area contributed by atoms with Crippen molar-refractivity contribution in [2.24, 2.45) is 11.8 Å². The van der Waals surface area contributed by atoms with E-state index in [-0.39, 0.29) is 11.8 Å². The Morgan fingerprint density at radius 3 is 2.65 bits per heavy atom. The highest BCUT2D eigenvalue weighted by Crippen LogP contribution is 2.63. The molecule has 2 bridgehead atoms. The van der Waals surface area contributed by atoms with Crippen LogP contribution in [0.1, 0.15) is 18.9 Å². The van der Waals surface area contributed by atoms with Crippen molar-refractivity contribution < 1.29 is 14.7 Å². The van der Waals surface area contributed by atoms with E-state index in [1.54, 1.807) is 0 Å². The van der Waals surface area contributed by atoms with Crippen LogP contribution >= 0.6 is 0 Å². The second-order valence-corrected chi connectivity index (χ2v) is 6.10. The van der Waals surface area contributed by atoms with Crippen molar-refractivity contribution >= 4 is 11.8 Å². The minimum absolute atomic E-state index is 0.0494. The van der Waals surface area contributed by atoms with Crippen molar-refractivity contribution in [2.75, 3.05) is 0 Å². The topological polar surface area (TPSA) is 66.4 Å². The number of rotatable bonds is 1. The van der Waals surface area contributed by atoms with Crippen LogP contribution in [0.3, 0.4) is 0 Å². The number of allylic oxidation sites excluding steroid dienone is 1. The van der Waals surface area contributed by atoms with Crippen LogP contribution < -0.4 is 5.32 Å². The molecule has 0 aromatic heterocycles. The highest BCUT2D eigenvalue weighted by Gasteiger charge is 2.75. The second kappa shape index (κ2) is 3.38. The molecule has 1 saturated heterocycles. The summed E-state index contributed by atoms with van der Waals surface area (Å²) in [5.41, 5.74) is -0.426. The third kappa shape index (κ3) is 1.04.